The van der Waals surface area contributed by atoms with Crippen molar-refractivity contribution >= 4 is 23.8 Å². The first-order valence-corrected chi connectivity index (χ1v) is 8.23. The maximum atomic E-state index is 13.0. The van der Waals surface area contributed by atoms with Crippen molar-refractivity contribution in [1.82, 2.24) is 10.6 Å². The van der Waals surface area contributed by atoms with Gasteiger partial charge in [0.2, 0.25) is 11.8 Å². The Morgan fingerprint density at radius 2 is 1.63 bits per heavy atom. The van der Waals surface area contributed by atoms with Crippen LogP contribution in [0.15, 0.2) is 24.3 Å². The van der Waals surface area contributed by atoms with Crippen LogP contribution in [0.4, 0.5) is 4.39 Å². The summed E-state index contributed by atoms with van der Waals surface area (Å²) in [7, 11) is 2.37. The van der Waals surface area contributed by atoms with Gasteiger partial charge >= 0.3 is 11.9 Å². The molecule has 0 aromatic heterocycles. The second-order valence-electron chi connectivity index (χ2n) is 5.78. The molecule has 0 aliphatic carbocycles. The van der Waals surface area contributed by atoms with Crippen molar-refractivity contribution in [1.29, 1.82) is 0 Å². The maximum absolute atomic E-state index is 13.0. The lowest BCUT2D eigenvalue weighted by Gasteiger charge is -2.22. The quantitative estimate of drug-likeness (QED) is 0.601. The van der Waals surface area contributed by atoms with Gasteiger partial charge in [0.25, 0.3) is 0 Å². The predicted molar refractivity (Wildman–Crippen MR) is 92.9 cm³/mol. The van der Waals surface area contributed by atoms with E-state index in [2.05, 4.69) is 20.1 Å². The predicted octanol–water partition coefficient (Wildman–Crippen LogP) is 0.484. The molecule has 0 unspecified atom stereocenters. The molecule has 148 valence electrons. The highest BCUT2D eigenvalue weighted by molar-refractivity contribution is 5.90. The van der Waals surface area contributed by atoms with Crippen molar-refractivity contribution in [3.63, 3.8) is 0 Å². The number of carbonyl (C=O) groups is 4. The Bertz CT molecular complexity index is 677. The summed E-state index contributed by atoms with van der Waals surface area (Å²) in [4.78, 5) is 47.2. The second kappa shape index (κ2) is 10.9. The molecule has 0 spiro atoms. The number of halogens is 1. The average Bonchev–Trinajstić information content (AvgIpc) is 2.64. The molecule has 9 heteroatoms. The van der Waals surface area contributed by atoms with Crippen LogP contribution >= 0.6 is 0 Å². The van der Waals surface area contributed by atoms with E-state index in [9.17, 15) is 23.6 Å². The lowest BCUT2D eigenvalue weighted by molar-refractivity contribution is -0.146. The highest BCUT2D eigenvalue weighted by atomic mass is 19.1. The topological polar surface area (TPSA) is 111 Å². The second-order valence-corrected chi connectivity index (χ2v) is 5.78. The van der Waals surface area contributed by atoms with Crippen LogP contribution in [0.5, 0.6) is 0 Å². The van der Waals surface area contributed by atoms with Gasteiger partial charge in [-0.2, -0.15) is 0 Å². The highest BCUT2D eigenvalue weighted by Crippen LogP contribution is 2.08. The summed E-state index contributed by atoms with van der Waals surface area (Å²) in [6.45, 7) is 1.25. The van der Waals surface area contributed by atoms with Gasteiger partial charge in [-0.3, -0.25) is 14.4 Å². The van der Waals surface area contributed by atoms with E-state index in [1.807, 2.05) is 0 Å². The molecule has 0 fully saturated rings. The first kappa shape index (κ1) is 22.1. The molecular weight excluding hydrogens is 359 g/mol. The van der Waals surface area contributed by atoms with Crippen molar-refractivity contribution in [3.05, 3.63) is 35.6 Å². The minimum absolute atomic E-state index is 0.0194. The molecule has 1 aromatic carbocycles. The molecule has 0 bridgehead atoms. The van der Waals surface area contributed by atoms with Gasteiger partial charge in [-0.05, 0) is 24.1 Å². The van der Waals surface area contributed by atoms with Crippen LogP contribution in [-0.4, -0.2) is 50.1 Å². The maximum Gasteiger partial charge on any atom is 0.328 e. The van der Waals surface area contributed by atoms with Crippen molar-refractivity contribution < 1.29 is 33.0 Å². The fourth-order valence-corrected chi connectivity index (χ4v) is 2.34. The van der Waals surface area contributed by atoms with Gasteiger partial charge in [0.15, 0.2) is 0 Å². The van der Waals surface area contributed by atoms with E-state index in [0.717, 1.165) is 7.11 Å². The third kappa shape index (κ3) is 7.85. The molecular formula is C18H23FN2O6. The number of methoxy groups -OCH3 is 2. The van der Waals surface area contributed by atoms with Crippen LogP contribution in [0.2, 0.25) is 0 Å². The Balaban J connectivity index is 2.86. The van der Waals surface area contributed by atoms with Crippen LogP contribution in [0.25, 0.3) is 0 Å². The van der Waals surface area contributed by atoms with Gasteiger partial charge in [0, 0.05) is 19.8 Å². The van der Waals surface area contributed by atoms with Crippen molar-refractivity contribution in [2.45, 2.75) is 38.3 Å². The minimum atomic E-state index is -1.08. The minimum Gasteiger partial charge on any atom is -0.469 e. The van der Waals surface area contributed by atoms with E-state index in [4.69, 9.17) is 0 Å². The molecule has 2 amide bonds. The van der Waals surface area contributed by atoms with E-state index in [-0.39, 0.29) is 19.3 Å². The van der Waals surface area contributed by atoms with Crippen molar-refractivity contribution in [2.75, 3.05) is 14.2 Å². The van der Waals surface area contributed by atoms with Crippen molar-refractivity contribution in [3.8, 4) is 0 Å². The monoisotopic (exact) mass is 382 g/mol. The molecule has 1 aromatic rings. The summed E-state index contributed by atoms with van der Waals surface area (Å²) in [5.41, 5.74) is 0.620. The lowest BCUT2D eigenvalue weighted by Crippen LogP contribution is -2.52. The van der Waals surface area contributed by atoms with Gasteiger partial charge in [0.05, 0.1) is 14.2 Å². The Kier molecular flexibility index (Phi) is 8.91. The number of benzene rings is 1. The zero-order valence-electron chi connectivity index (χ0n) is 15.4. The number of esters is 2. The Morgan fingerprint density at radius 3 is 2.15 bits per heavy atom. The van der Waals surface area contributed by atoms with Gasteiger partial charge < -0.3 is 20.1 Å². The molecule has 0 aliphatic rings. The standard InChI is InChI=1S/C18H23FN2O6/c1-11(22)20-15(10-12-4-6-13(19)7-5-12)17(24)21-14(18(25)27-3)8-9-16(23)26-2/h4-7,14-15H,8-10H2,1-3H3,(H,20,22)(H,21,24)/t14-,15-/m0/s1. The molecule has 27 heavy (non-hydrogen) atoms. The van der Waals surface area contributed by atoms with E-state index in [0.29, 0.717) is 5.56 Å². The smallest absolute Gasteiger partial charge is 0.328 e. The van der Waals surface area contributed by atoms with Gasteiger partial charge in [0.1, 0.15) is 17.9 Å². The fourth-order valence-electron chi connectivity index (χ4n) is 2.34. The molecule has 2 atom stereocenters. The molecule has 0 saturated heterocycles. The van der Waals surface area contributed by atoms with Crippen LogP contribution in [0.3, 0.4) is 0 Å². The Morgan fingerprint density at radius 1 is 1.00 bits per heavy atom. The van der Waals surface area contributed by atoms with Crippen LogP contribution < -0.4 is 10.6 Å². The van der Waals surface area contributed by atoms with E-state index in [1.54, 1.807) is 0 Å². The number of hydrogen-bond acceptors (Lipinski definition) is 6. The first-order chi connectivity index (χ1) is 12.8. The lowest BCUT2D eigenvalue weighted by atomic mass is 10.0. The van der Waals surface area contributed by atoms with E-state index < -0.39 is 41.7 Å². The SMILES string of the molecule is COC(=O)CC[C@H](NC(=O)[C@H](Cc1ccc(F)cc1)NC(C)=O)C(=O)OC. The van der Waals surface area contributed by atoms with Crippen LogP contribution in [0, 0.1) is 5.82 Å². The van der Waals surface area contributed by atoms with E-state index in [1.165, 1.54) is 38.3 Å². The largest absolute Gasteiger partial charge is 0.469 e. The molecule has 0 aliphatic heterocycles. The third-order valence-electron chi connectivity index (χ3n) is 3.71. The summed E-state index contributed by atoms with van der Waals surface area (Å²) in [5, 5.41) is 4.97. The zero-order valence-corrected chi connectivity index (χ0v) is 15.4. The molecule has 0 saturated carbocycles. The number of hydrogen-bond donors (Lipinski definition) is 2. The van der Waals surface area contributed by atoms with Gasteiger partial charge in [-0.1, -0.05) is 12.1 Å². The first-order valence-electron chi connectivity index (χ1n) is 8.23. The fraction of sp³-hybridized carbons (Fsp3) is 0.444. The highest BCUT2D eigenvalue weighted by Gasteiger charge is 2.27. The Hall–Kier alpha value is -2.97. The number of ether oxygens (including phenoxy) is 2. The normalized spacial score (nSPS) is 12.4. The van der Waals surface area contributed by atoms with Crippen LogP contribution in [-0.2, 0) is 35.1 Å². The summed E-state index contributed by atoms with van der Waals surface area (Å²) in [5.74, 6) is -2.76. The molecule has 1 rings (SSSR count). The van der Waals surface area contributed by atoms with Crippen molar-refractivity contribution in [2.24, 2.45) is 0 Å². The number of amides is 2. The average molecular weight is 382 g/mol. The molecule has 0 radical (unpaired) electrons. The van der Waals surface area contributed by atoms with Gasteiger partial charge in [-0.25, -0.2) is 9.18 Å². The Labute approximate surface area is 156 Å². The zero-order chi connectivity index (χ0) is 20.4. The number of nitrogens with one attached hydrogen (secondary N) is 2. The van der Waals surface area contributed by atoms with Gasteiger partial charge in [-0.15, -0.1) is 0 Å². The molecule has 0 heterocycles. The summed E-state index contributed by atoms with van der Waals surface area (Å²) in [6, 6.07) is 3.40. The summed E-state index contributed by atoms with van der Waals surface area (Å²) in [6.07, 6.45) is -0.0235. The third-order valence-corrected chi connectivity index (χ3v) is 3.71. The number of rotatable bonds is 9. The summed E-state index contributed by atoms with van der Waals surface area (Å²) < 4.78 is 22.2. The molecule has 8 nitrogen and oxygen atoms in total. The number of carbonyl (C=O) groups excluding carboxylic acids is 4. The van der Waals surface area contributed by atoms with Crippen LogP contribution in [0.1, 0.15) is 25.3 Å². The summed E-state index contributed by atoms with van der Waals surface area (Å²) >= 11 is 0. The van der Waals surface area contributed by atoms with E-state index >= 15 is 0 Å². The molecule has 2 N–H and O–H groups in total.